The Bertz CT molecular complexity index is 581. The van der Waals surface area contributed by atoms with Crippen molar-refractivity contribution in [2.45, 2.75) is 38.9 Å². The lowest BCUT2D eigenvalue weighted by Crippen LogP contribution is -2.34. The van der Waals surface area contributed by atoms with Gasteiger partial charge in [-0.25, -0.2) is 4.79 Å². The first-order valence-corrected chi connectivity index (χ1v) is 8.78. The molecule has 2 atom stereocenters. The van der Waals surface area contributed by atoms with E-state index in [0.717, 1.165) is 24.8 Å². The highest BCUT2D eigenvalue weighted by Crippen LogP contribution is 2.41. The van der Waals surface area contributed by atoms with E-state index in [1.807, 2.05) is 43.3 Å². The molecule has 0 aromatic heterocycles. The first-order valence-electron chi connectivity index (χ1n) is 8.78. The van der Waals surface area contributed by atoms with E-state index in [-0.39, 0.29) is 12.1 Å². The van der Waals surface area contributed by atoms with Crippen molar-refractivity contribution in [1.82, 2.24) is 0 Å². The molecule has 0 N–H and O–H groups in total. The molecule has 1 fully saturated rings. The van der Waals surface area contributed by atoms with Crippen molar-refractivity contribution in [1.29, 1.82) is 0 Å². The second-order valence-corrected chi connectivity index (χ2v) is 6.60. The molecule has 4 heteroatoms. The molecule has 4 nitrogen and oxygen atoms in total. The number of carbonyl (C=O) groups is 1. The van der Waals surface area contributed by atoms with Gasteiger partial charge in [0.1, 0.15) is 6.10 Å². The summed E-state index contributed by atoms with van der Waals surface area (Å²) in [6.07, 6.45) is 3.95. The first kappa shape index (κ1) is 19.4. The van der Waals surface area contributed by atoms with Crippen LogP contribution in [0.2, 0.25) is 0 Å². The standard InChI is InChI=1S/C21H28O4/c1-4-5-13-24-16-21(3)17(2)20(22)25-19(21)12-9-14-23-15-18-10-7-6-8-11-18/h4,6-8,10-11,19H,1-2,5,9,12-16H2,3H3/t19-,21+/m1/s1. The molecule has 136 valence electrons. The average molecular weight is 344 g/mol. The Labute approximate surface area is 150 Å². The second-order valence-electron chi connectivity index (χ2n) is 6.60. The molecule has 0 spiro atoms. The summed E-state index contributed by atoms with van der Waals surface area (Å²) in [4.78, 5) is 11.9. The summed E-state index contributed by atoms with van der Waals surface area (Å²) >= 11 is 0. The number of benzene rings is 1. The smallest absolute Gasteiger partial charge is 0.334 e. The molecule has 0 unspecified atom stereocenters. The molecule has 2 rings (SSSR count). The summed E-state index contributed by atoms with van der Waals surface area (Å²) in [6.45, 7) is 11.8. The number of rotatable bonds is 11. The Morgan fingerprint density at radius 3 is 2.72 bits per heavy atom. The van der Waals surface area contributed by atoms with E-state index in [0.29, 0.717) is 32.0 Å². The summed E-state index contributed by atoms with van der Waals surface area (Å²) in [7, 11) is 0. The number of hydrogen-bond donors (Lipinski definition) is 0. The van der Waals surface area contributed by atoms with Gasteiger partial charge >= 0.3 is 5.97 Å². The zero-order valence-corrected chi connectivity index (χ0v) is 15.0. The summed E-state index contributed by atoms with van der Waals surface area (Å²) in [6, 6.07) is 10.1. The molecule has 0 amide bonds. The van der Waals surface area contributed by atoms with Gasteiger partial charge in [-0.2, -0.15) is 0 Å². The Kier molecular flexibility index (Phi) is 7.41. The number of cyclic esters (lactones) is 1. The van der Waals surface area contributed by atoms with E-state index in [9.17, 15) is 4.79 Å². The SMILES string of the molecule is C=CCCOC[C@@]1(C)C(=C)C(=O)O[C@@H]1CCCOCc1ccccc1. The molecular weight excluding hydrogens is 316 g/mol. The zero-order chi connectivity index (χ0) is 18.1. The normalized spacial score (nSPS) is 22.8. The Morgan fingerprint density at radius 2 is 2.00 bits per heavy atom. The van der Waals surface area contributed by atoms with Gasteiger partial charge < -0.3 is 14.2 Å². The summed E-state index contributed by atoms with van der Waals surface area (Å²) < 4.78 is 16.9. The van der Waals surface area contributed by atoms with Crippen LogP contribution in [0.4, 0.5) is 0 Å². The largest absolute Gasteiger partial charge is 0.458 e. The third-order valence-corrected chi connectivity index (χ3v) is 4.63. The maximum Gasteiger partial charge on any atom is 0.334 e. The fourth-order valence-corrected chi connectivity index (χ4v) is 2.90. The Balaban J connectivity index is 1.77. The van der Waals surface area contributed by atoms with E-state index < -0.39 is 5.41 Å². The van der Waals surface area contributed by atoms with Crippen LogP contribution < -0.4 is 0 Å². The number of carbonyl (C=O) groups excluding carboxylic acids is 1. The molecular formula is C21H28O4. The van der Waals surface area contributed by atoms with Gasteiger partial charge in [0.05, 0.1) is 25.2 Å². The van der Waals surface area contributed by atoms with Crippen molar-refractivity contribution in [3.05, 3.63) is 60.7 Å². The molecule has 1 aromatic rings. The van der Waals surface area contributed by atoms with Crippen LogP contribution in [0, 0.1) is 5.41 Å². The minimum absolute atomic E-state index is 0.212. The zero-order valence-electron chi connectivity index (χ0n) is 15.0. The average Bonchev–Trinajstić information content (AvgIpc) is 2.84. The van der Waals surface area contributed by atoms with E-state index in [1.165, 1.54) is 0 Å². The predicted molar refractivity (Wildman–Crippen MR) is 98.1 cm³/mol. The fraction of sp³-hybridized carbons (Fsp3) is 0.476. The third kappa shape index (κ3) is 5.28. The van der Waals surface area contributed by atoms with Gasteiger partial charge in [-0.1, -0.05) is 43.0 Å². The van der Waals surface area contributed by atoms with Crippen molar-refractivity contribution >= 4 is 5.97 Å². The van der Waals surface area contributed by atoms with E-state index in [1.54, 1.807) is 0 Å². The van der Waals surface area contributed by atoms with Crippen LogP contribution in [0.5, 0.6) is 0 Å². The van der Waals surface area contributed by atoms with Crippen molar-refractivity contribution in [3.63, 3.8) is 0 Å². The highest BCUT2D eigenvalue weighted by Gasteiger charge is 2.48. The molecule has 1 heterocycles. The van der Waals surface area contributed by atoms with E-state index >= 15 is 0 Å². The summed E-state index contributed by atoms with van der Waals surface area (Å²) in [5, 5.41) is 0. The van der Waals surface area contributed by atoms with E-state index in [4.69, 9.17) is 14.2 Å². The van der Waals surface area contributed by atoms with Gasteiger partial charge in [0.25, 0.3) is 0 Å². The van der Waals surface area contributed by atoms with Crippen LogP contribution in [0.1, 0.15) is 31.7 Å². The molecule has 1 saturated heterocycles. The lowest BCUT2D eigenvalue weighted by Gasteiger charge is -2.29. The number of esters is 1. The van der Waals surface area contributed by atoms with Gasteiger partial charge in [-0.3, -0.25) is 0 Å². The monoisotopic (exact) mass is 344 g/mol. The topological polar surface area (TPSA) is 44.8 Å². The van der Waals surface area contributed by atoms with Gasteiger partial charge in [-0.05, 0) is 31.7 Å². The minimum Gasteiger partial charge on any atom is -0.458 e. The van der Waals surface area contributed by atoms with Crippen LogP contribution in [0.15, 0.2) is 55.1 Å². The van der Waals surface area contributed by atoms with Crippen LogP contribution in [0.25, 0.3) is 0 Å². The summed E-state index contributed by atoms with van der Waals surface area (Å²) in [5.74, 6) is -0.315. The fourth-order valence-electron chi connectivity index (χ4n) is 2.90. The highest BCUT2D eigenvalue weighted by molar-refractivity contribution is 5.92. The molecule has 0 radical (unpaired) electrons. The molecule has 25 heavy (non-hydrogen) atoms. The van der Waals surface area contributed by atoms with E-state index in [2.05, 4.69) is 13.2 Å². The van der Waals surface area contributed by atoms with Crippen molar-refractivity contribution in [2.75, 3.05) is 19.8 Å². The van der Waals surface area contributed by atoms with Crippen LogP contribution in [-0.4, -0.2) is 31.9 Å². The van der Waals surface area contributed by atoms with Crippen molar-refractivity contribution in [2.24, 2.45) is 5.41 Å². The maximum atomic E-state index is 11.9. The van der Waals surface area contributed by atoms with Crippen LogP contribution in [0.3, 0.4) is 0 Å². The summed E-state index contributed by atoms with van der Waals surface area (Å²) in [5.41, 5.74) is 1.18. The minimum atomic E-state index is -0.475. The van der Waals surface area contributed by atoms with Crippen molar-refractivity contribution in [3.8, 4) is 0 Å². The number of ether oxygens (including phenoxy) is 3. The van der Waals surface area contributed by atoms with Crippen LogP contribution >= 0.6 is 0 Å². The lowest BCUT2D eigenvalue weighted by atomic mass is 9.79. The molecule has 0 bridgehead atoms. The Morgan fingerprint density at radius 1 is 1.24 bits per heavy atom. The van der Waals surface area contributed by atoms with Gasteiger partial charge in [0, 0.05) is 12.2 Å². The molecule has 1 aromatic carbocycles. The maximum absolute atomic E-state index is 11.9. The predicted octanol–water partition coefficient (Wildman–Crippen LogP) is 4.06. The quantitative estimate of drug-likeness (QED) is 0.263. The second kappa shape index (κ2) is 9.54. The highest BCUT2D eigenvalue weighted by atomic mass is 16.6. The third-order valence-electron chi connectivity index (χ3n) is 4.63. The molecule has 1 aliphatic heterocycles. The van der Waals surface area contributed by atoms with Crippen LogP contribution in [-0.2, 0) is 25.6 Å². The molecule has 0 saturated carbocycles. The van der Waals surface area contributed by atoms with Gasteiger partial charge in [-0.15, -0.1) is 6.58 Å². The first-order chi connectivity index (χ1) is 12.1. The van der Waals surface area contributed by atoms with Crippen molar-refractivity contribution < 1.29 is 19.0 Å². The Hall–Kier alpha value is -1.91. The van der Waals surface area contributed by atoms with Gasteiger partial charge in [0.2, 0.25) is 0 Å². The molecule has 0 aliphatic carbocycles. The number of hydrogen-bond acceptors (Lipinski definition) is 4. The molecule has 1 aliphatic rings. The van der Waals surface area contributed by atoms with Gasteiger partial charge in [0.15, 0.2) is 0 Å². The lowest BCUT2D eigenvalue weighted by molar-refractivity contribution is -0.140.